The molecule has 0 radical (unpaired) electrons. The van der Waals surface area contributed by atoms with Crippen LogP contribution in [0.2, 0.25) is 0 Å². The van der Waals surface area contributed by atoms with Crippen molar-refractivity contribution in [3.63, 3.8) is 0 Å². The summed E-state index contributed by atoms with van der Waals surface area (Å²) in [5.41, 5.74) is 7.94. The number of aryl methyl sites for hydroxylation is 1. The van der Waals surface area contributed by atoms with Gasteiger partial charge in [-0.25, -0.2) is 4.98 Å². The Morgan fingerprint density at radius 2 is 2.12 bits per heavy atom. The van der Waals surface area contributed by atoms with E-state index in [0.29, 0.717) is 13.2 Å². The monoisotopic (exact) mass is 347 g/mol. The van der Waals surface area contributed by atoms with Crippen LogP contribution in [0.1, 0.15) is 36.9 Å². The molecule has 2 heterocycles. The fourth-order valence-corrected chi connectivity index (χ4v) is 4.72. The van der Waals surface area contributed by atoms with Gasteiger partial charge in [-0.3, -0.25) is 0 Å². The van der Waals surface area contributed by atoms with Crippen molar-refractivity contribution in [3.8, 4) is 0 Å². The largest absolute Gasteiger partial charge is 0.392 e. The van der Waals surface area contributed by atoms with Crippen LogP contribution in [0.4, 0.5) is 11.8 Å². The van der Waals surface area contributed by atoms with Gasteiger partial charge in [0.25, 0.3) is 0 Å². The fraction of sp³-hybridized carbons (Fsp3) is 0.778. The van der Waals surface area contributed by atoms with Crippen LogP contribution in [0.3, 0.4) is 0 Å². The second-order valence-corrected chi connectivity index (χ2v) is 7.52. The second kappa shape index (κ2) is 6.70. The molecule has 7 heteroatoms. The molecule has 3 aliphatic rings. The van der Waals surface area contributed by atoms with Gasteiger partial charge in [0, 0.05) is 44.1 Å². The first kappa shape index (κ1) is 17.0. The van der Waals surface area contributed by atoms with Crippen molar-refractivity contribution in [1.29, 1.82) is 0 Å². The van der Waals surface area contributed by atoms with E-state index >= 15 is 0 Å². The number of rotatable bonds is 5. The first-order valence-electron chi connectivity index (χ1n) is 9.50. The van der Waals surface area contributed by atoms with Gasteiger partial charge in [-0.15, -0.1) is 0 Å². The summed E-state index contributed by atoms with van der Waals surface area (Å²) in [5, 5.41) is 13.6. The molecule has 4 rings (SSSR count). The summed E-state index contributed by atoms with van der Waals surface area (Å²) in [6.07, 6.45) is 5.73. The Morgan fingerprint density at radius 1 is 1.32 bits per heavy atom. The average Bonchev–Trinajstić information content (AvgIpc) is 3.13. The Kier molecular flexibility index (Phi) is 4.56. The molecule has 1 aliphatic heterocycles. The SMILES string of the molecule is CNc1nc(N2CCC3(CC2)[C@@H](O)C[C@H]3OCCN)nc2c1CCC2. The molecule has 7 nitrogen and oxygen atoms in total. The van der Waals surface area contributed by atoms with Crippen molar-refractivity contribution < 1.29 is 9.84 Å². The van der Waals surface area contributed by atoms with Gasteiger partial charge in [0.2, 0.25) is 5.95 Å². The third kappa shape index (κ3) is 2.78. The standard InChI is InChI=1S/C18H29N5O2/c1-20-16-12-3-2-4-13(12)21-17(22-16)23-8-5-18(6-9-23)14(24)11-15(18)25-10-7-19/h14-15,24H,2-11,19H2,1H3,(H,20,21,22)/t14-,15+/m0/s1. The second-order valence-electron chi connectivity index (χ2n) is 7.52. The van der Waals surface area contributed by atoms with Crippen molar-refractivity contribution in [2.75, 3.05) is 43.5 Å². The average molecular weight is 347 g/mol. The number of ether oxygens (including phenoxy) is 1. The zero-order chi connectivity index (χ0) is 17.4. The number of nitrogens with one attached hydrogen (secondary N) is 1. The van der Waals surface area contributed by atoms with Crippen LogP contribution in [0, 0.1) is 5.41 Å². The lowest BCUT2D eigenvalue weighted by atomic mass is 9.58. The number of piperidine rings is 1. The summed E-state index contributed by atoms with van der Waals surface area (Å²) in [7, 11) is 1.93. The molecule has 1 aromatic heterocycles. The third-order valence-electron chi connectivity index (χ3n) is 6.31. The van der Waals surface area contributed by atoms with Crippen molar-refractivity contribution in [2.45, 2.75) is 50.7 Å². The fourth-order valence-electron chi connectivity index (χ4n) is 4.72. The molecule has 4 N–H and O–H groups in total. The van der Waals surface area contributed by atoms with E-state index in [1.807, 2.05) is 7.05 Å². The highest BCUT2D eigenvalue weighted by Crippen LogP contribution is 2.51. The number of hydrogen-bond acceptors (Lipinski definition) is 7. The first-order valence-corrected chi connectivity index (χ1v) is 9.50. The van der Waals surface area contributed by atoms with Crippen molar-refractivity contribution in [3.05, 3.63) is 11.3 Å². The molecule has 1 spiro atoms. The van der Waals surface area contributed by atoms with Crippen LogP contribution >= 0.6 is 0 Å². The normalized spacial score (nSPS) is 27.2. The van der Waals surface area contributed by atoms with Crippen molar-refractivity contribution >= 4 is 11.8 Å². The molecule has 2 fully saturated rings. The third-order valence-corrected chi connectivity index (χ3v) is 6.31. The summed E-state index contributed by atoms with van der Waals surface area (Å²) in [6, 6.07) is 0. The van der Waals surface area contributed by atoms with E-state index in [0.717, 1.165) is 63.4 Å². The Morgan fingerprint density at radius 3 is 2.80 bits per heavy atom. The molecule has 25 heavy (non-hydrogen) atoms. The van der Waals surface area contributed by atoms with Crippen LogP contribution in [0.15, 0.2) is 0 Å². The molecule has 2 aliphatic carbocycles. The molecule has 2 atom stereocenters. The Bertz CT molecular complexity index is 630. The van der Waals surface area contributed by atoms with E-state index in [9.17, 15) is 5.11 Å². The highest BCUT2D eigenvalue weighted by Gasteiger charge is 2.56. The lowest BCUT2D eigenvalue weighted by molar-refractivity contribution is -0.200. The highest BCUT2D eigenvalue weighted by atomic mass is 16.5. The lowest BCUT2D eigenvalue weighted by Crippen LogP contribution is -2.62. The predicted octanol–water partition coefficient (Wildman–Crippen LogP) is 0.702. The lowest BCUT2D eigenvalue weighted by Gasteiger charge is -2.56. The maximum absolute atomic E-state index is 10.4. The van der Waals surface area contributed by atoms with Gasteiger partial charge in [-0.2, -0.15) is 4.98 Å². The summed E-state index contributed by atoms with van der Waals surface area (Å²) >= 11 is 0. The van der Waals surface area contributed by atoms with E-state index in [2.05, 4.69) is 10.2 Å². The summed E-state index contributed by atoms with van der Waals surface area (Å²) in [5.74, 6) is 1.80. The van der Waals surface area contributed by atoms with Gasteiger partial charge < -0.3 is 25.8 Å². The van der Waals surface area contributed by atoms with E-state index in [1.54, 1.807) is 0 Å². The van der Waals surface area contributed by atoms with Gasteiger partial charge in [0.05, 0.1) is 24.5 Å². The molecule has 1 aromatic rings. The van der Waals surface area contributed by atoms with E-state index in [-0.39, 0.29) is 17.6 Å². The van der Waals surface area contributed by atoms with Crippen LogP contribution in [0.25, 0.3) is 0 Å². The van der Waals surface area contributed by atoms with Gasteiger partial charge in [-0.1, -0.05) is 0 Å². The number of aliphatic hydroxyl groups excluding tert-OH is 1. The van der Waals surface area contributed by atoms with Gasteiger partial charge >= 0.3 is 0 Å². The molecule has 1 saturated heterocycles. The topological polar surface area (TPSA) is 96.5 Å². The minimum atomic E-state index is -0.258. The van der Waals surface area contributed by atoms with Gasteiger partial charge in [0.1, 0.15) is 5.82 Å². The first-order chi connectivity index (χ1) is 12.2. The number of aliphatic hydroxyl groups is 1. The summed E-state index contributed by atoms with van der Waals surface area (Å²) in [4.78, 5) is 11.8. The quantitative estimate of drug-likeness (QED) is 0.721. The molecular weight excluding hydrogens is 318 g/mol. The molecule has 0 bridgehead atoms. The van der Waals surface area contributed by atoms with Crippen LogP contribution < -0.4 is 16.0 Å². The molecule has 0 unspecified atom stereocenters. The molecular formula is C18H29N5O2. The Balaban J connectivity index is 1.47. The minimum Gasteiger partial charge on any atom is -0.392 e. The smallest absolute Gasteiger partial charge is 0.227 e. The number of anilines is 2. The van der Waals surface area contributed by atoms with Crippen LogP contribution in [-0.4, -0.2) is 60.6 Å². The number of hydrogen-bond donors (Lipinski definition) is 3. The number of aromatic nitrogens is 2. The van der Waals surface area contributed by atoms with E-state index in [4.69, 9.17) is 20.4 Å². The minimum absolute atomic E-state index is 0.103. The maximum Gasteiger partial charge on any atom is 0.227 e. The van der Waals surface area contributed by atoms with Crippen LogP contribution in [0.5, 0.6) is 0 Å². The summed E-state index contributed by atoms with van der Waals surface area (Å²) in [6.45, 7) is 2.83. The van der Waals surface area contributed by atoms with Gasteiger partial charge in [-0.05, 0) is 32.1 Å². The van der Waals surface area contributed by atoms with Crippen molar-refractivity contribution in [1.82, 2.24) is 9.97 Å². The molecule has 138 valence electrons. The zero-order valence-electron chi connectivity index (χ0n) is 15.0. The Labute approximate surface area is 149 Å². The van der Waals surface area contributed by atoms with Gasteiger partial charge in [0.15, 0.2) is 0 Å². The van der Waals surface area contributed by atoms with E-state index < -0.39 is 0 Å². The van der Waals surface area contributed by atoms with Crippen molar-refractivity contribution in [2.24, 2.45) is 11.1 Å². The summed E-state index contributed by atoms with van der Waals surface area (Å²) < 4.78 is 5.88. The maximum atomic E-state index is 10.4. The molecule has 0 aromatic carbocycles. The number of fused-ring (bicyclic) bond motifs is 1. The molecule has 1 saturated carbocycles. The highest BCUT2D eigenvalue weighted by molar-refractivity contribution is 5.53. The number of nitrogens with zero attached hydrogens (tertiary/aromatic N) is 3. The zero-order valence-corrected chi connectivity index (χ0v) is 15.0. The molecule has 0 amide bonds. The van der Waals surface area contributed by atoms with Crippen LogP contribution in [-0.2, 0) is 17.6 Å². The predicted molar refractivity (Wildman–Crippen MR) is 96.9 cm³/mol. The Hall–Kier alpha value is -1.44. The van der Waals surface area contributed by atoms with E-state index in [1.165, 1.54) is 11.3 Å². The number of nitrogens with two attached hydrogens (primary N) is 1.